The Hall–Kier alpha value is -0.590. The molecule has 0 aliphatic heterocycles. The molecule has 1 saturated carbocycles. The lowest BCUT2D eigenvalue weighted by atomic mass is 9.99. The van der Waals surface area contributed by atoms with Crippen LogP contribution in [0, 0.1) is 11.8 Å². The molecule has 0 aromatic heterocycles. The van der Waals surface area contributed by atoms with Crippen LogP contribution >= 0.6 is 0 Å². The number of carbonyl (C=O) groups excluding carboxylic acids is 1. The van der Waals surface area contributed by atoms with Crippen molar-refractivity contribution in [1.29, 1.82) is 0 Å². The number of allylic oxidation sites excluding steroid dienone is 1. The Balaban J connectivity index is 2.36. The summed E-state index contributed by atoms with van der Waals surface area (Å²) >= 11 is 0. The van der Waals surface area contributed by atoms with Crippen molar-refractivity contribution in [2.75, 3.05) is 0 Å². The zero-order valence-electron chi connectivity index (χ0n) is 7.18. The van der Waals surface area contributed by atoms with E-state index in [4.69, 9.17) is 0 Å². The number of Topliss-reactive ketones (excluding diaryl/α,β-unsaturated/α-hetero) is 1. The molecule has 2 atom stereocenters. The molecule has 0 aromatic rings. The maximum atomic E-state index is 11.4. The highest BCUT2D eigenvalue weighted by Crippen LogP contribution is 2.29. The molecule has 0 aromatic carbocycles. The van der Waals surface area contributed by atoms with Crippen molar-refractivity contribution in [3.05, 3.63) is 12.7 Å². The van der Waals surface area contributed by atoms with Crippen molar-refractivity contribution < 1.29 is 4.79 Å². The fourth-order valence-corrected chi connectivity index (χ4v) is 1.74. The molecule has 1 aliphatic carbocycles. The first-order valence-corrected chi connectivity index (χ1v) is 4.40. The van der Waals surface area contributed by atoms with E-state index in [0.717, 1.165) is 25.7 Å². The van der Waals surface area contributed by atoms with Crippen LogP contribution in [0.15, 0.2) is 12.7 Å². The van der Waals surface area contributed by atoms with Gasteiger partial charge in [-0.15, -0.1) is 6.58 Å². The Morgan fingerprint density at radius 2 is 2.36 bits per heavy atom. The van der Waals surface area contributed by atoms with Crippen molar-refractivity contribution in [3.8, 4) is 0 Å². The molecule has 0 heterocycles. The van der Waals surface area contributed by atoms with Gasteiger partial charge in [0.25, 0.3) is 0 Å². The van der Waals surface area contributed by atoms with Crippen LogP contribution in [0.2, 0.25) is 0 Å². The van der Waals surface area contributed by atoms with Gasteiger partial charge in [0.15, 0.2) is 0 Å². The van der Waals surface area contributed by atoms with Crippen LogP contribution in [0.3, 0.4) is 0 Å². The lowest BCUT2D eigenvalue weighted by Crippen LogP contribution is -2.11. The highest BCUT2D eigenvalue weighted by atomic mass is 16.1. The third kappa shape index (κ3) is 1.92. The molecule has 11 heavy (non-hydrogen) atoms. The maximum Gasteiger partial charge on any atom is 0.138 e. The molecule has 0 radical (unpaired) electrons. The summed E-state index contributed by atoms with van der Waals surface area (Å²) < 4.78 is 0. The molecular weight excluding hydrogens is 136 g/mol. The molecule has 1 aliphatic rings. The van der Waals surface area contributed by atoms with Crippen LogP contribution in [-0.2, 0) is 4.79 Å². The molecular formula is C10H16O. The second-order valence-electron chi connectivity index (χ2n) is 3.44. The average molecular weight is 152 g/mol. The van der Waals surface area contributed by atoms with Gasteiger partial charge in [-0.3, -0.25) is 4.79 Å². The van der Waals surface area contributed by atoms with E-state index in [9.17, 15) is 4.79 Å². The SMILES string of the molecule is C=CCC[C@H]1CC[C@@H](C)C1=O. The second kappa shape index (κ2) is 3.70. The standard InChI is InChI=1S/C10H16O/c1-3-4-5-9-7-6-8(2)10(9)11/h3,8-9H,1,4-7H2,2H3/t8-,9+/m1/s1. The molecule has 0 N–H and O–H groups in total. The molecule has 0 saturated heterocycles. The minimum atomic E-state index is 0.324. The monoisotopic (exact) mass is 152 g/mol. The van der Waals surface area contributed by atoms with Gasteiger partial charge in [-0.25, -0.2) is 0 Å². The average Bonchev–Trinajstić information content (AvgIpc) is 2.31. The molecule has 1 fully saturated rings. The summed E-state index contributed by atoms with van der Waals surface area (Å²) in [5.74, 6) is 1.15. The molecule has 0 spiro atoms. The second-order valence-corrected chi connectivity index (χ2v) is 3.44. The van der Waals surface area contributed by atoms with Gasteiger partial charge < -0.3 is 0 Å². The van der Waals surface area contributed by atoms with Gasteiger partial charge in [0.2, 0.25) is 0 Å². The number of rotatable bonds is 3. The minimum absolute atomic E-state index is 0.324. The summed E-state index contributed by atoms with van der Waals surface area (Å²) in [6.07, 6.45) is 6.11. The van der Waals surface area contributed by atoms with Crippen LogP contribution in [0.4, 0.5) is 0 Å². The number of carbonyl (C=O) groups is 1. The van der Waals surface area contributed by atoms with Gasteiger partial charge in [0, 0.05) is 11.8 Å². The Kier molecular flexibility index (Phi) is 2.86. The summed E-state index contributed by atoms with van der Waals surface area (Å²) in [6, 6.07) is 0. The van der Waals surface area contributed by atoms with Gasteiger partial charge in [-0.1, -0.05) is 13.0 Å². The van der Waals surface area contributed by atoms with E-state index in [1.54, 1.807) is 0 Å². The fraction of sp³-hybridized carbons (Fsp3) is 0.700. The predicted octanol–water partition coefficient (Wildman–Crippen LogP) is 2.57. The highest BCUT2D eigenvalue weighted by Gasteiger charge is 2.29. The first-order valence-electron chi connectivity index (χ1n) is 4.40. The van der Waals surface area contributed by atoms with Crippen molar-refractivity contribution >= 4 is 5.78 Å². The quantitative estimate of drug-likeness (QED) is 0.568. The van der Waals surface area contributed by atoms with Crippen LogP contribution in [-0.4, -0.2) is 5.78 Å². The maximum absolute atomic E-state index is 11.4. The molecule has 0 unspecified atom stereocenters. The zero-order chi connectivity index (χ0) is 8.27. The van der Waals surface area contributed by atoms with E-state index in [1.165, 1.54) is 0 Å². The first-order chi connectivity index (χ1) is 5.25. The van der Waals surface area contributed by atoms with E-state index < -0.39 is 0 Å². The van der Waals surface area contributed by atoms with Crippen molar-refractivity contribution in [2.45, 2.75) is 32.6 Å². The Bertz CT molecular complexity index is 160. The predicted molar refractivity (Wildman–Crippen MR) is 46.3 cm³/mol. The van der Waals surface area contributed by atoms with E-state index in [0.29, 0.717) is 17.6 Å². The zero-order valence-corrected chi connectivity index (χ0v) is 7.18. The Labute approximate surface area is 68.5 Å². The largest absolute Gasteiger partial charge is 0.299 e. The van der Waals surface area contributed by atoms with Crippen molar-refractivity contribution in [1.82, 2.24) is 0 Å². The van der Waals surface area contributed by atoms with Gasteiger partial charge in [-0.2, -0.15) is 0 Å². The topological polar surface area (TPSA) is 17.1 Å². The van der Waals surface area contributed by atoms with Gasteiger partial charge in [-0.05, 0) is 25.7 Å². The highest BCUT2D eigenvalue weighted by molar-refractivity contribution is 5.84. The van der Waals surface area contributed by atoms with Crippen LogP contribution < -0.4 is 0 Å². The molecule has 1 rings (SSSR count). The molecule has 62 valence electrons. The number of hydrogen-bond donors (Lipinski definition) is 0. The van der Waals surface area contributed by atoms with E-state index in [2.05, 4.69) is 6.58 Å². The molecule has 0 bridgehead atoms. The summed E-state index contributed by atoms with van der Waals surface area (Å²) in [5.41, 5.74) is 0. The number of hydrogen-bond acceptors (Lipinski definition) is 1. The minimum Gasteiger partial charge on any atom is -0.299 e. The third-order valence-corrected chi connectivity index (χ3v) is 2.56. The summed E-state index contributed by atoms with van der Waals surface area (Å²) in [6.45, 7) is 5.69. The molecule has 1 heteroatoms. The smallest absolute Gasteiger partial charge is 0.138 e. The Morgan fingerprint density at radius 3 is 2.82 bits per heavy atom. The third-order valence-electron chi connectivity index (χ3n) is 2.56. The summed E-state index contributed by atoms with van der Waals surface area (Å²) in [4.78, 5) is 11.4. The fourth-order valence-electron chi connectivity index (χ4n) is 1.74. The first kappa shape index (κ1) is 8.51. The summed E-state index contributed by atoms with van der Waals surface area (Å²) in [5, 5.41) is 0. The molecule has 1 nitrogen and oxygen atoms in total. The van der Waals surface area contributed by atoms with Crippen LogP contribution in [0.1, 0.15) is 32.6 Å². The number of ketones is 1. The summed E-state index contributed by atoms with van der Waals surface area (Å²) in [7, 11) is 0. The lowest BCUT2D eigenvalue weighted by molar-refractivity contribution is -0.123. The van der Waals surface area contributed by atoms with E-state index >= 15 is 0 Å². The van der Waals surface area contributed by atoms with Gasteiger partial charge in [0.1, 0.15) is 5.78 Å². The Morgan fingerprint density at radius 1 is 1.64 bits per heavy atom. The van der Waals surface area contributed by atoms with Crippen LogP contribution in [0.5, 0.6) is 0 Å². The normalized spacial score (nSPS) is 30.8. The van der Waals surface area contributed by atoms with Gasteiger partial charge in [0.05, 0.1) is 0 Å². The van der Waals surface area contributed by atoms with Crippen molar-refractivity contribution in [3.63, 3.8) is 0 Å². The van der Waals surface area contributed by atoms with Crippen LogP contribution in [0.25, 0.3) is 0 Å². The van der Waals surface area contributed by atoms with Crippen molar-refractivity contribution in [2.24, 2.45) is 11.8 Å². The lowest BCUT2D eigenvalue weighted by Gasteiger charge is -2.04. The van der Waals surface area contributed by atoms with E-state index in [1.807, 2.05) is 13.0 Å². The van der Waals surface area contributed by atoms with Gasteiger partial charge >= 0.3 is 0 Å². The van der Waals surface area contributed by atoms with E-state index in [-0.39, 0.29) is 0 Å². The molecule has 0 amide bonds.